The Morgan fingerprint density at radius 1 is 0.340 bits per heavy atom. The van der Waals surface area contributed by atoms with Crippen molar-refractivity contribution in [2.24, 2.45) is 11.8 Å². The van der Waals surface area contributed by atoms with E-state index in [9.17, 15) is 19.2 Å². The summed E-state index contributed by atoms with van der Waals surface area (Å²) in [4.78, 5) is 76.2. The average molecular weight is 2030 g/mol. The van der Waals surface area contributed by atoms with E-state index in [0.29, 0.717) is 218 Å². The first kappa shape index (κ1) is 97.1. The van der Waals surface area contributed by atoms with Gasteiger partial charge < -0.3 is 85.1 Å². The Labute approximate surface area is 851 Å². The lowest BCUT2D eigenvalue weighted by molar-refractivity contribution is -0.0586. The molecular formula is C104H98N28O18. The predicted octanol–water partition coefficient (Wildman–Crippen LogP) is 12.6. The van der Waals surface area contributed by atoms with Crippen molar-refractivity contribution >= 4 is 89.3 Å². The maximum Gasteiger partial charge on any atom is 0.255 e. The molecule has 0 radical (unpaired) electrons. The number of hydrogen-bond donors (Lipinski definition) is 0. The van der Waals surface area contributed by atoms with Gasteiger partial charge in [-0.15, -0.1) is 61.2 Å². The molecule has 16 aromatic heterocycles. The molecule has 150 heavy (non-hydrogen) atoms. The van der Waals surface area contributed by atoms with E-state index in [-0.39, 0.29) is 81.0 Å². The quantitative estimate of drug-likeness (QED) is 0.0420. The molecule has 2 unspecified atom stereocenters. The normalized spacial score (nSPS) is 16.1. The second-order valence-corrected chi connectivity index (χ2v) is 36.8. The molecule has 4 aromatic carbocycles. The number of pyridine rings is 4. The Hall–Kier alpha value is -17.6. The van der Waals surface area contributed by atoms with Crippen molar-refractivity contribution in [2.45, 2.75) is 118 Å². The van der Waals surface area contributed by atoms with E-state index in [1.54, 1.807) is 143 Å². The highest BCUT2D eigenvalue weighted by atomic mass is 16.5. The highest BCUT2D eigenvalue weighted by Gasteiger charge is 2.42. The van der Waals surface area contributed by atoms with E-state index < -0.39 is 0 Å². The molecule has 2 bridgehead atoms. The van der Waals surface area contributed by atoms with E-state index in [2.05, 4.69) is 116 Å². The third-order valence-electron chi connectivity index (χ3n) is 26.0. The first-order valence-corrected chi connectivity index (χ1v) is 48.6. The van der Waals surface area contributed by atoms with E-state index >= 15 is 0 Å². The molecule has 4 amide bonds. The van der Waals surface area contributed by atoms with Crippen LogP contribution in [0.5, 0.6) is 23.5 Å². The molecule has 46 nitrogen and oxygen atoms in total. The summed E-state index contributed by atoms with van der Waals surface area (Å²) in [7, 11) is 6.33. The van der Waals surface area contributed by atoms with Crippen molar-refractivity contribution in [3.05, 3.63) is 263 Å². The van der Waals surface area contributed by atoms with Crippen LogP contribution >= 0.6 is 0 Å². The van der Waals surface area contributed by atoms with Crippen molar-refractivity contribution in [1.82, 2.24) is 139 Å². The maximum absolute atomic E-state index is 13.0. The molecule has 0 spiro atoms. The lowest BCUT2D eigenvalue weighted by atomic mass is 9.96. The van der Waals surface area contributed by atoms with Crippen LogP contribution in [0.2, 0.25) is 0 Å². The van der Waals surface area contributed by atoms with Gasteiger partial charge in [0.1, 0.15) is 52.9 Å². The van der Waals surface area contributed by atoms with Gasteiger partial charge in [-0.2, -0.15) is 18.1 Å². The molecule has 762 valence electrons. The summed E-state index contributed by atoms with van der Waals surface area (Å²) in [5.41, 5.74) is 9.16. The Morgan fingerprint density at radius 2 is 0.633 bits per heavy atom. The van der Waals surface area contributed by atoms with Crippen LogP contribution in [0, 0.1) is 11.8 Å². The Morgan fingerprint density at radius 3 is 0.900 bits per heavy atom. The van der Waals surface area contributed by atoms with Gasteiger partial charge in [0, 0.05) is 166 Å². The summed E-state index contributed by atoms with van der Waals surface area (Å²) >= 11 is 0. The van der Waals surface area contributed by atoms with Crippen LogP contribution in [-0.4, -0.2) is 268 Å². The number of rotatable bonds is 29. The van der Waals surface area contributed by atoms with Gasteiger partial charge in [-0.25, -0.2) is 0 Å². The summed E-state index contributed by atoms with van der Waals surface area (Å²) in [5.74, 6) is 6.64. The molecule has 21 heterocycles. The number of benzene rings is 4. The molecule has 0 aliphatic carbocycles. The van der Waals surface area contributed by atoms with Gasteiger partial charge >= 0.3 is 0 Å². The molecule has 4 atom stereocenters. The number of carbonyl (C=O) groups is 4. The fourth-order valence-electron chi connectivity index (χ4n) is 18.5. The minimum Gasteiger partial charge on any atom is -0.470 e. The summed E-state index contributed by atoms with van der Waals surface area (Å²) < 4.78 is 83.9. The summed E-state index contributed by atoms with van der Waals surface area (Å²) in [6.07, 6.45) is 8.55. The Balaban J connectivity index is 0.000000113. The van der Waals surface area contributed by atoms with Crippen LogP contribution in [0.3, 0.4) is 0 Å². The molecule has 20 aromatic rings. The zero-order valence-corrected chi connectivity index (χ0v) is 82.5. The Bertz CT molecular complexity index is 8320. The molecule has 25 rings (SSSR count). The lowest BCUT2D eigenvalue weighted by Crippen LogP contribution is -2.49. The monoisotopic (exact) mass is 2030 g/mol. The highest BCUT2D eigenvalue weighted by molar-refractivity contribution is 6.01. The van der Waals surface area contributed by atoms with E-state index in [1.165, 1.54) is 0 Å². The minimum atomic E-state index is -0.0586. The lowest BCUT2D eigenvalue weighted by Gasteiger charge is -2.38. The summed E-state index contributed by atoms with van der Waals surface area (Å²) in [6.45, 7) is 15.6. The number of amides is 4. The number of methoxy groups -OCH3 is 4. The fraction of sp³-hybridized carbons (Fsp3) is 0.308. The van der Waals surface area contributed by atoms with E-state index in [0.717, 1.165) is 82.1 Å². The first-order valence-electron chi connectivity index (χ1n) is 48.6. The summed E-state index contributed by atoms with van der Waals surface area (Å²) in [5, 5.41) is 76.1. The molecule has 5 aliphatic heterocycles. The minimum absolute atomic E-state index is 0.000837. The fourth-order valence-corrected chi connectivity index (χ4v) is 18.5. The topological polar surface area (TPSA) is 502 Å². The SMILES string of the molecule is CCC1CN(C(=O)c2ccc(COc3nn4c(-c5cc(COC)on5)nnc4c4ccccc34)nc2)C1.COCc1cc(-c2nnc3c4ccccc4c(OCc4ccc(C(=O)N5CC(C)C5)cn4)nn23)no1.COCc1cc(-c2nnc3c4ccccc4c(OCc4ccc(C(=O)N5CC(C)OC(C)C5)cn4)nn23)no1.COCc1cc(-c2nnc3c4ccccc4c(OCc4ccc(C(=O)N5C[C@@H]6C[C@H]5CO6)cn4)nn23)no1. The van der Waals surface area contributed by atoms with Crippen LogP contribution in [0.4, 0.5) is 0 Å². The number of morpholine rings is 2. The highest BCUT2D eigenvalue weighted by Crippen LogP contribution is 2.38. The molecule has 0 N–H and O–H groups in total. The van der Waals surface area contributed by atoms with Crippen LogP contribution in [0.1, 0.15) is 128 Å². The van der Waals surface area contributed by atoms with Crippen LogP contribution in [0.15, 0.2) is 213 Å². The third-order valence-corrected chi connectivity index (χ3v) is 26.0. The summed E-state index contributed by atoms with van der Waals surface area (Å²) in [6, 6.07) is 52.2. The van der Waals surface area contributed by atoms with Crippen LogP contribution in [-0.2, 0) is 81.3 Å². The van der Waals surface area contributed by atoms with E-state index in [1.807, 2.05) is 132 Å². The Kier molecular flexibility index (Phi) is 27.7. The van der Waals surface area contributed by atoms with Gasteiger partial charge in [0.05, 0.1) is 76.0 Å². The number of likely N-dealkylation sites (tertiary alicyclic amines) is 3. The second-order valence-electron chi connectivity index (χ2n) is 36.8. The second kappa shape index (κ2) is 42.8. The van der Waals surface area contributed by atoms with Gasteiger partial charge in [-0.05, 0) is 111 Å². The number of aromatic nitrogens is 24. The molecule has 46 heteroatoms. The van der Waals surface area contributed by atoms with Crippen molar-refractivity contribution in [3.8, 4) is 69.6 Å². The smallest absolute Gasteiger partial charge is 0.255 e. The molecular weight excluding hydrogens is 1930 g/mol. The largest absolute Gasteiger partial charge is 0.470 e. The molecule has 5 fully saturated rings. The predicted molar refractivity (Wildman–Crippen MR) is 532 cm³/mol. The van der Waals surface area contributed by atoms with Crippen LogP contribution in [0.25, 0.3) is 112 Å². The number of fused-ring (bicyclic) bond motifs is 14. The van der Waals surface area contributed by atoms with Crippen molar-refractivity contribution in [2.75, 3.05) is 80.9 Å². The molecule has 0 saturated carbocycles. The van der Waals surface area contributed by atoms with Gasteiger partial charge in [0.25, 0.3) is 23.6 Å². The van der Waals surface area contributed by atoms with Crippen molar-refractivity contribution in [1.29, 1.82) is 0 Å². The zero-order valence-electron chi connectivity index (χ0n) is 82.5. The van der Waals surface area contributed by atoms with Crippen LogP contribution < -0.4 is 18.9 Å². The maximum atomic E-state index is 13.0. The molecule has 5 aliphatic rings. The van der Waals surface area contributed by atoms with Crippen molar-refractivity contribution in [3.63, 3.8) is 0 Å². The van der Waals surface area contributed by atoms with Gasteiger partial charge in [-0.1, -0.05) is 107 Å². The van der Waals surface area contributed by atoms with Crippen molar-refractivity contribution < 1.29 is 84.6 Å². The number of nitrogens with zero attached hydrogens (tertiary/aromatic N) is 28. The van der Waals surface area contributed by atoms with Gasteiger partial charge in [0.15, 0.2) is 68.4 Å². The number of hydrogen-bond acceptors (Lipinski definition) is 38. The number of ether oxygens (including phenoxy) is 10. The first-order chi connectivity index (χ1) is 73.4. The molecule has 5 saturated heterocycles. The van der Waals surface area contributed by atoms with E-state index in [4.69, 9.17) is 65.5 Å². The average Bonchev–Trinajstić information content (AvgIpc) is 1.59. The standard InChI is InChI=1S/C27H27N7O5.C26H23N7O5.C26H25N7O4.C25H23N7O4/c1-16-12-33(13-17(2)38-16)27(35)18-8-9-19(28-11-18)14-37-26-22-7-5-4-6-21(22)24-29-30-25(34(24)31-26)23-10-20(15-36-3)39-32-23;1-35-14-19-9-22(31-38-19)24-29-28-23-20-4-2-3-5-21(20)25(30-33(23)24)37-12-16-7-6-15(10-27-16)26(34)32-11-18-8-17(32)13-36-18;1-3-16-12-32(13-16)26(34)17-8-9-18(27-11-17)14-36-25-21-7-5-4-6-20(21)23-28-29-24(33(23)30-25)22-10-19(15-35-2)37-31-22;1-15-11-31(12-15)25(33)16-7-8-17(26-10-16)13-35-24-20-6-4-3-5-19(20)22-27-28-23(32(22)29-24)21-9-18(14-34-2)36-30-21/h4-11,16-17H,12-15H2,1-3H3;2-7,9-10,17-18H,8,11-14H2,1H3;4-11,16H,3,12-15H2,1-2H3;3-10,15H,11-14H2,1-2H3/t;17-,18-;;/m.0../s1. The zero-order chi connectivity index (χ0) is 103. The van der Waals surface area contributed by atoms with Gasteiger partial charge in [-0.3, -0.25) is 39.1 Å². The number of carbonyl (C=O) groups excluding carboxylic acids is 4. The third kappa shape index (κ3) is 20.1. The van der Waals surface area contributed by atoms with Gasteiger partial charge in [0.2, 0.25) is 46.8 Å².